The first-order chi connectivity index (χ1) is 5.74. The molecule has 0 aliphatic heterocycles. The van der Waals surface area contributed by atoms with Gasteiger partial charge in [-0.2, -0.15) is 0 Å². The first kappa shape index (κ1) is 8.25. The van der Waals surface area contributed by atoms with E-state index in [1.807, 2.05) is 0 Å². The van der Waals surface area contributed by atoms with E-state index in [4.69, 9.17) is 5.11 Å². The third kappa shape index (κ3) is 1.82. The van der Waals surface area contributed by atoms with Gasteiger partial charge < -0.3 is 14.6 Å². The maximum absolute atomic E-state index is 10.5. The number of ether oxygens (including phenoxy) is 2. The minimum atomic E-state index is -0.953. The van der Waals surface area contributed by atoms with Crippen LogP contribution in [0.5, 0.6) is 11.8 Å². The lowest BCUT2D eigenvalue weighted by molar-refractivity contribution is 0.118. The van der Waals surface area contributed by atoms with Gasteiger partial charge >= 0.3 is 6.16 Å². The lowest BCUT2D eigenvalue weighted by Crippen LogP contribution is -2.08. The summed E-state index contributed by atoms with van der Waals surface area (Å²) in [5.74, 6) is -0.729. The highest BCUT2D eigenvalue weighted by atomic mass is 16.7. The van der Waals surface area contributed by atoms with Gasteiger partial charge in [-0.3, -0.25) is 0 Å². The zero-order valence-electron chi connectivity index (χ0n) is 6.22. The Morgan fingerprint density at radius 3 is 2.75 bits per heavy atom. The molecular formula is C6H6N2O4. The lowest BCUT2D eigenvalue weighted by atomic mass is 10.7. The maximum Gasteiger partial charge on any atom is 0.515 e. The lowest BCUT2D eigenvalue weighted by Gasteiger charge is -2.00. The molecule has 0 amide bonds. The molecule has 1 aromatic rings. The molecule has 0 saturated carbocycles. The standard InChI is InChI=1S/C6H6N2O4/c1-11-6(10)12-5-4(9)7-2-3-8-5/h2-3H,1H3,(H,7,9). The van der Waals surface area contributed by atoms with Gasteiger partial charge in [0.2, 0.25) is 0 Å². The van der Waals surface area contributed by atoms with Crippen molar-refractivity contribution in [1.29, 1.82) is 0 Å². The molecule has 0 fully saturated rings. The van der Waals surface area contributed by atoms with Crippen LogP contribution in [0.3, 0.4) is 0 Å². The van der Waals surface area contributed by atoms with E-state index >= 15 is 0 Å². The van der Waals surface area contributed by atoms with E-state index in [0.29, 0.717) is 0 Å². The highest BCUT2D eigenvalue weighted by molar-refractivity contribution is 5.63. The normalized spacial score (nSPS) is 9.08. The topological polar surface area (TPSA) is 81.5 Å². The average molecular weight is 170 g/mol. The summed E-state index contributed by atoms with van der Waals surface area (Å²) in [6, 6.07) is 0. The van der Waals surface area contributed by atoms with Crippen LogP contribution in [0.4, 0.5) is 4.79 Å². The Balaban J connectivity index is 2.75. The number of hydrogen-bond donors (Lipinski definition) is 1. The largest absolute Gasteiger partial charge is 0.515 e. The monoisotopic (exact) mass is 170 g/mol. The smallest absolute Gasteiger partial charge is 0.489 e. The second-order valence-electron chi connectivity index (χ2n) is 1.74. The number of carbonyl (C=O) groups is 1. The van der Waals surface area contributed by atoms with E-state index in [1.165, 1.54) is 12.4 Å². The van der Waals surface area contributed by atoms with Gasteiger partial charge in [-0.05, 0) is 0 Å². The van der Waals surface area contributed by atoms with Crippen LogP contribution in [-0.4, -0.2) is 28.3 Å². The van der Waals surface area contributed by atoms with Crippen LogP contribution >= 0.6 is 0 Å². The summed E-state index contributed by atoms with van der Waals surface area (Å²) in [5, 5.41) is 8.95. The van der Waals surface area contributed by atoms with Crippen molar-refractivity contribution in [3.05, 3.63) is 12.4 Å². The number of hydrogen-bond acceptors (Lipinski definition) is 6. The molecule has 6 heteroatoms. The fraction of sp³-hybridized carbons (Fsp3) is 0.167. The zero-order valence-corrected chi connectivity index (χ0v) is 6.22. The molecule has 1 N–H and O–H groups in total. The summed E-state index contributed by atoms with van der Waals surface area (Å²) >= 11 is 0. The van der Waals surface area contributed by atoms with E-state index < -0.39 is 12.0 Å². The van der Waals surface area contributed by atoms with Gasteiger partial charge in [0, 0.05) is 12.4 Å². The number of methoxy groups -OCH3 is 1. The number of carbonyl (C=O) groups excluding carboxylic acids is 1. The van der Waals surface area contributed by atoms with E-state index in [2.05, 4.69) is 19.4 Å². The van der Waals surface area contributed by atoms with Crippen molar-refractivity contribution in [3.8, 4) is 11.8 Å². The molecule has 1 aromatic heterocycles. The molecule has 0 bridgehead atoms. The predicted molar refractivity (Wildman–Crippen MR) is 36.7 cm³/mol. The summed E-state index contributed by atoms with van der Waals surface area (Å²) in [6.45, 7) is 0. The van der Waals surface area contributed by atoms with Crippen LogP contribution < -0.4 is 4.74 Å². The molecule has 0 aliphatic rings. The summed E-state index contributed by atoms with van der Waals surface area (Å²) in [5.41, 5.74) is 0. The first-order valence-corrected chi connectivity index (χ1v) is 3.00. The van der Waals surface area contributed by atoms with Crippen molar-refractivity contribution >= 4 is 6.16 Å². The Labute approximate surface area is 67.8 Å². The van der Waals surface area contributed by atoms with Crippen LogP contribution in [0.25, 0.3) is 0 Å². The van der Waals surface area contributed by atoms with Crippen molar-refractivity contribution in [1.82, 2.24) is 9.97 Å². The molecule has 1 rings (SSSR count). The van der Waals surface area contributed by atoms with E-state index in [1.54, 1.807) is 0 Å². The van der Waals surface area contributed by atoms with Gasteiger partial charge in [-0.15, -0.1) is 0 Å². The van der Waals surface area contributed by atoms with Gasteiger partial charge in [-0.25, -0.2) is 14.8 Å². The van der Waals surface area contributed by atoms with Crippen molar-refractivity contribution in [2.75, 3.05) is 7.11 Å². The van der Waals surface area contributed by atoms with Gasteiger partial charge in [0.05, 0.1) is 7.11 Å². The third-order valence-electron chi connectivity index (χ3n) is 0.993. The van der Waals surface area contributed by atoms with Gasteiger partial charge in [0.25, 0.3) is 11.8 Å². The molecule has 0 aromatic carbocycles. The SMILES string of the molecule is COC(=O)Oc1nccnc1O. The van der Waals surface area contributed by atoms with Crippen LogP contribution in [0.1, 0.15) is 0 Å². The predicted octanol–water partition coefficient (Wildman–Crippen LogP) is 0.327. The molecule has 64 valence electrons. The van der Waals surface area contributed by atoms with Crippen molar-refractivity contribution in [3.63, 3.8) is 0 Å². The number of aromatic hydroxyl groups is 1. The summed E-state index contributed by atoms with van der Waals surface area (Å²) in [6.07, 6.45) is 1.59. The summed E-state index contributed by atoms with van der Waals surface area (Å²) in [7, 11) is 1.15. The molecule has 1 heterocycles. The Kier molecular flexibility index (Phi) is 2.42. The number of nitrogens with zero attached hydrogens (tertiary/aromatic N) is 2. The van der Waals surface area contributed by atoms with Crippen molar-refractivity contribution in [2.45, 2.75) is 0 Å². The molecule has 0 radical (unpaired) electrons. The number of aromatic nitrogens is 2. The quantitative estimate of drug-likeness (QED) is 0.611. The second kappa shape index (κ2) is 3.51. The van der Waals surface area contributed by atoms with Crippen LogP contribution in [-0.2, 0) is 4.74 Å². The van der Waals surface area contributed by atoms with Crippen molar-refractivity contribution in [2.24, 2.45) is 0 Å². The van der Waals surface area contributed by atoms with Gasteiger partial charge in [0.15, 0.2) is 0 Å². The molecule has 0 aliphatic carbocycles. The van der Waals surface area contributed by atoms with Crippen molar-refractivity contribution < 1.29 is 19.4 Å². The molecular weight excluding hydrogens is 164 g/mol. The maximum atomic E-state index is 10.5. The summed E-state index contributed by atoms with van der Waals surface area (Å²) in [4.78, 5) is 17.5. The molecule has 6 nitrogen and oxygen atoms in total. The first-order valence-electron chi connectivity index (χ1n) is 3.00. The third-order valence-corrected chi connectivity index (χ3v) is 0.993. The van der Waals surface area contributed by atoms with Crippen LogP contribution in [0, 0.1) is 0 Å². The fourth-order valence-electron chi connectivity index (χ4n) is 0.511. The van der Waals surface area contributed by atoms with E-state index in [-0.39, 0.29) is 5.88 Å². The molecule has 0 saturated heterocycles. The minimum Gasteiger partial charge on any atom is -0.489 e. The van der Waals surface area contributed by atoms with Gasteiger partial charge in [0.1, 0.15) is 0 Å². The Hall–Kier alpha value is -1.85. The van der Waals surface area contributed by atoms with Crippen LogP contribution in [0.2, 0.25) is 0 Å². The highest BCUT2D eigenvalue weighted by Crippen LogP contribution is 2.17. The summed E-state index contributed by atoms with van der Waals surface area (Å²) < 4.78 is 8.58. The molecule has 12 heavy (non-hydrogen) atoms. The average Bonchev–Trinajstić information content (AvgIpc) is 2.09. The van der Waals surface area contributed by atoms with E-state index in [9.17, 15) is 4.79 Å². The molecule has 0 atom stereocenters. The Bertz CT molecular complexity index is 289. The van der Waals surface area contributed by atoms with E-state index in [0.717, 1.165) is 7.11 Å². The van der Waals surface area contributed by atoms with Crippen LogP contribution in [0.15, 0.2) is 12.4 Å². The second-order valence-corrected chi connectivity index (χ2v) is 1.74. The van der Waals surface area contributed by atoms with Gasteiger partial charge in [-0.1, -0.05) is 0 Å². The molecule has 0 unspecified atom stereocenters. The Morgan fingerprint density at radius 2 is 2.17 bits per heavy atom. The highest BCUT2D eigenvalue weighted by Gasteiger charge is 2.09. The zero-order chi connectivity index (χ0) is 8.97. The number of rotatable bonds is 1. The molecule has 0 spiro atoms. The minimum absolute atomic E-state index is 0.274. The fourth-order valence-corrected chi connectivity index (χ4v) is 0.511. The Morgan fingerprint density at radius 1 is 1.50 bits per heavy atom.